The molecule has 0 atom stereocenters. The molecular weight excluding hydrogens is 172 g/mol. The van der Waals surface area contributed by atoms with E-state index in [1.165, 1.54) is 19.3 Å². The van der Waals surface area contributed by atoms with Crippen LogP contribution in [0.4, 0.5) is 0 Å². The maximum atomic E-state index is 7.91. The van der Waals surface area contributed by atoms with Crippen LogP contribution in [-0.4, -0.2) is 11.4 Å². The van der Waals surface area contributed by atoms with Gasteiger partial charge < -0.3 is 10.8 Å². The molecular formula is C12H18N2. The van der Waals surface area contributed by atoms with E-state index in [2.05, 4.69) is 6.08 Å². The molecule has 14 heavy (non-hydrogen) atoms. The lowest BCUT2D eigenvalue weighted by Crippen LogP contribution is -2.30. The van der Waals surface area contributed by atoms with E-state index < -0.39 is 0 Å². The van der Waals surface area contributed by atoms with E-state index in [-0.39, 0.29) is 0 Å². The fourth-order valence-electron chi connectivity index (χ4n) is 2.57. The topological polar surface area (TPSA) is 47.7 Å². The first-order valence-electron chi connectivity index (χ1n) is 5.42. The van der Waals surface area contributed by atoms with Crippen LogP contribution in [0.2, 0.25) is 0 Å². The second-order valence-electron chi connectivity index (χ2n) is 4.87. The van der Waals surface area contributed by atoms with Crippen LogP contribution in [-0.2, 0) is 0 Å². The minimum Gasteiger partial charge on any atom is -0.309 e. The van der Waals surface area contributed by atoms with Crippen LogP contribution >= 0.6 is 0 Å². The average molecular weight is 190 g/mol. The van der Waals surface area contributed by atoms with Gasteiger partial charge in [-0.1, -0.05) is 12.5 Å². The predicted molar refractivity (Wildman–Crippen MR) is 59.3 cm³/mol. The van der Waals surface area contributed by atoms with E-state index in [1.807, 2.05) is 6.92 Å². The molecule has 1 spiro atoms. The molecule has 0 aromatic heterocycles. The molecule has 0 aromatic rings. The molecule has 0 heterocycles. The first-order chi connectivity index (χ1) is 6.61. The van der Waals surface area contributed by atoms with Crippen LogP contribution in [0.25, 0.3) is 0 Å². The van der Waals surface area contributed by atoms with Crippen molar-refractivity contribution in [3.63, 3.8) is 0 Å². The maximum Gasteiger partial charge on any atom is 0.0315 e. The smallest absolute Gasteiger partial charge is 0.0315 e. The normalized spacial score (nSPS) is 25.2. The number of hydrogen-bond acceptors (Lipinski definition) is 2. The van der Waals surface area contributed by atoms with Gasteiger partial charge in [-0.25, -0.2) is 0 Å². The zero-order valence-electron chi connectivity index (χ0n) is 8.82. The van der Waals surface area contributed by atoms with Crippen molar-refractivity contribution >= 4 is 11.4 Å². The number of allylic oxidation sites excluding steroid dienone is 2. The van der Waals surface area contributed by atoms with Gasteiger partial charge in [0.25, 0.3) is 0 Å². The highest BCUT2D eigenvalue weighted by Crippen LogP contribution is 2.49. The third-order valence-corrected chi connectivity index (χ3v) is 3.67. The monoisotopic (exact) mass is 190 g/mol. The molecule has 2 aliphatic rings. The van der Waals surface area contributed by atoms with Crippen molar-refractivity contribution < 1.29 is 0 Å². The molecule has 0 unspecified atom stereocenters. The zero-order valence-corrected chi connectivity index (χ0v) is 8.82. The summed E-state index contributed by atoms with van der Waals surface area (Å²) in [4.78, 5) is 0. The Morgan fingerprint density at radius 1 is 1.43 bits per heavy atom. The quantitative estimate of drug-likeness (QED) is 0.596. The summed E-state index contributed by atoms with van der Waals surface area (Å²) in [6.07, 6.45) is 8.91. The van der Waals surface area contributed by atoms with Gasteiger partial charge in [0, 0.05) is 17.8 Å². The zero-order chi connectivity index (χ0) is 10.2. The van der Waals surface area contributed by atoms with Gasteiger partial charge in [-0.15, -0.1) is 0 Å². The Balaban J connectivity index is 2.17. The Hall–Kier alpha value is -0.920. The summed E-state index contributed by atoms with van der Waals surface area (Å²) < 4.78 is 0. The molecule has 76 valence electrons. The van der Waals surface area contributed by atoms with Crippen molar-refractivity contribution in [2.75, 3.05) is 0 Å². The van der Waals surface area contributed by atoms with E-state index in [0.29, 0.717) is 11.1 Å². The van der Waals surface area contributed by atoms with Crippen molar-refractivity contribution in [3.8, 4) is 0 Å². The molecule has 0 radical (unpaired) electrons. The lowest BCUT2D eigenvalue weighted by Gasteiger charge is -2.40. The molecule has 2 nitrogen and oxygen atoms in total. The summed E-state index contributed by atoms with van der Waals surface area (Å²) in [6, 6.07) is 0. The van der Waals surface area contributed by atoms with E-state index in [1.54, 1.807) is 0 Å². The maximum absolute atomic E-state index is 7.91. The highest BCUT2D eigenvalue weighted by molar-refractivity contribution is 6.01. The Labute approximate surface area is 85.4 Å². The lowest BCUT2D eigenvalue weighted by molar-refractivity contribution is 0.148. The van der Waals surface area contributed by atoms with Gasteiger partial charge >= 0.3 is 0 Å². The molecule has 0 aliphatic heterocycles. The molecule has 0 aromatic carbocycles. The van der Waals surface area contributed by atoms with Gasteiger partial charge in [-0.2, -0.15) is 0 Å². The first kappa shape index (κ1) is 9.63. The third kappa shape index (κ3) is 1.66. The molecule has 0 saturated heterocycles. The molecule has 1 saturated carbocycles. The van der Waals surface area contributed by atoms with Gasteiger partial charge in [-0.05, 0) is 43.6 Å². The first-order valence-corrected chi connectivity index (χ1v) is 5.42. The van der Waals surface area contributed by atoms with E-state index in [0.717, 1.165) is 30.5 Å². The molecule has 2 N–H and O–H groups in total. The van der Waals surface area contributed by atoms with Crippen molar-refractivity contribution in [1.29, 1.82) is 10.8 Å². The summed E-state index contributed by atoms with van der Waals surface area (Å²) in [5.41, 5.74) is 2.99. The molecule has 0 bridgehead atoms. The van der Waals surface area contributed by atoms with Crippen LogP contribution in [0.15, 0.2) is 11.6 Å². The Kier molecular flexibility index (Phi) is 2.30. The van der Waals surface area contributed by atoms with Crippen LogP contribution in [0.3, 0.4) is 0 Å². The highest BCUT2D eigenvalue weighted by atomic mass is 14.5. The van der Waals surface area contributed by atoms with Gasteiger partial charge in [0.15, 0.2) is 0 Å². The molecule has 2 rings (SSSR count). The highest BCUT2D eigenvalue weighted by Gasteiger charge is 2.38. The summed E-state index contributed by atoms with van der Waals surface area (Å²) in [7, 11) is 0. The third-order valence-electron chi connectivity index (χ3n) is 3.67. The minimum absolute atomic E-state index is 0.425. The summed E-state index contributed by atoms with van der Waals surface area (Å²) in [5, 5.41) is 15.5. The van der Waals surface area contributed by atoms with Crippen LogP contribution in [0.1, 0.15) is 45.4 Å². The van der Waals surface area contributed by atoms with Gasteiger partial charge in [0.2, 0.25) is 0 Å². The van der Waals surface area contributed by atoms with E-state index in [4.69, 9.17) is 10.8 Å². The Morgan fingerprint density at radius 3 is 2.64 bits per heavy atom. The van der Waals surface area contributed by atoms with Crippen molar-refractivity contribution in [2.24, 2.45) is 5.41 Å². The second-order valence-corrected chi connectivity index (χ2v) is 4.87. The van der Waals surface area contributed by atoms with Crippen molar-refractivity contribution in [3.05, 3.63) is 11.6 Å². The van der Waals surface area contributed by atoms with E-state index >= 15 is 0 Å². The van der Waals surface area contributed by atoms with Crippen molar-refractivity contribution in [1.82, 2.24) is 0 Å². The summed E-state index contributed by atoms with van der Waals surface area (Å²) >= 11 is 0. The largest absolute Gasteiger partial charge is 0.309 e. The molecule has 2 heteroatoms. The van der Waals surface area contributed by atoms with Crippen LogP contribution in [0, 0.1) is 16.2 Å². The fourth-order valence-corrected chi connectivity index (χ4v) is 2.57. The molecule has 2 aliphatic carbocycles. The lowest BCUT2D eigenvalue weighted by atomic mass is 9.64. The van der Waals surface area contributed by atoms with Gasteiger partial charge in [0.1, 0.15) is 0 Å². The SMILES string of the molecule is CC(=N)C1=CCC2(CCC2)CC(=N)C1. The summed E-state index contributed by atoms with van der Waals surface area (Å²) in [5.74, 6) is 0. The van der Waals surface area contributed by atoms with E-state index in [9.17, 15) is 0 Å². The standard InChI is InChI=1S/C12H18N2/c1-9(13)10-3-6-12(4-2-5-12)8-11(14)7-10/h3,13-14H,2,4-8H2,1H3. The molecule has 0 amide bonds. The van der Waals surface area contributed by atoms with Gasteiger partial charge in [0.05, 0.1) is 0 Å². The van der Waals surface area contributed by atoms with Gasteiger partial charge in [-0.3, -0.25) is 0 Å². The number of hydrogen-bond donors (Lipinski definition) is 2. The van der Waals surface area contributed by atoms with Crippen LogP contribution in [0.5, 0.6) is 0 Å². The fraction of sp³-hybridized carbons (Fsp3) is 0.667. The van der Waals surface area contributed by atoms with Crippen molar-refractivity contribution in [2.45, 2.75) is 45.4 Å². The Morgan fingerprint density at radius 2 is 2.14 bits per heavy atom. The second kappa shape index (κ2) is 3.34. The number of rotatable bonds is 1. The Bertz CT molecular complexity index is 308. The summed E-state index contributed by atoms with van der Waals surface area (Å²) in [6.45, 7) is 1.83. The predicted octanol–water partition coefficient (Wildman–Crippen LogP) is 3.33. The minimum atomic E-state index is 0.425. The molecule has 1 fully saturated rings. The number of nitrogens with one attached hydrogen (secondary N) is 2. The average Bonchev–Trinajstić information content (AvgIpc) is 2.22. The van der Waals surface area contributed by atoms with Crippen LogP contribution < -0.4 is 0 Å².